The van der Waals surface area contributed by atoms with Crippen LogP contribution in [0.15, 0.2) is 24.3 Å². The van der Waals surface area contributed by atoms with Crippen molar-refractivity contribution in [1.29, 1.82) is 0 Å². The van der Waals surface area contributed by atoms with Gasteiger partial charge in [0.05, 0.1) is 11.1 Å². The third-order valence-electron chi connectivity index (χ3n) is 3.34. The van der Waals surface area contributed by atoms with Gasteiger partial charge in [0.2, 0.25) is 0 Å². The largest absolute Gasteiger partial charge is 0.274 e. The Morgan fingerprint density at radius 1 is 0.950 bits per heavy atom. The summed E-state index contributed by atoms with van der Waals surface area (Å²) in [6.07, 6.45) is 4.69. The second kappa shape index (κ2) is 6.91. The minimum absolute atomic E-state index is 0.176. The number of nitrogens with zero attached hydrogens (tertiary/aromatic N) is 1. The summed E-state index contributed by atoms with van der Waals surface area (Å²) in [6.45, 7) is 2.60. The van der Waals surface area contributed by atoms with Crippen molar-refractivity contribution < 1.29 is 9.59 Å². The van der Waals surface area contributed by atoms with Gasteiger partial charge < -0.3 is 0 Å². The number of amides is 2. The lowest BCUT2D eigenvalue weighted by Crippen LogP contribution is -2.30. The average molecular weight is 269 g/mol. The number of imide groups is 1. The molecule has 20 heavy (non-hydrogen) atoms. The average Bonchev–Trinajstić information content (AvgIpc) is 2.71. The molecule has 104 valence electrons. The van der Waals surface area contributed by atoms with Gasteiger partial charge in [0.15, 0.2) is 0 Å². The Labute approximate surface area is 120 Å². The minimum atomic E-state index is -0.176. The Balaban J connectivity index is 1.85. The van der Waals surface area contributed by atoms with E-state index < -0.39 is 0 Å². The number of carbonyl (C=O) groups excluding carboxylic acids is 2. The first-order chi connectivity index (χ1) is 9.75. The molecule has 0 atom stereocenters. The number of hydrogen-bond acceptors (Lipinski definition) is 2. The van der Waals surface area contributed by atoms with Gasteiger partial charge in [-0.25, -0.2) is 0 Å². The Bertz CT molecular complexity index is 531. The predicted molar refractivity (Wildman–Crippen MR) is 78.3 cm³/mol. The van der Waals surface area contributed by atoms with Gasteiger partial charge >= 0.3 is 0 Å². The Morgan fingerprint density at radius 2 is 1.50 bits per heavy atom. The summed E-state index contributed by atoms with van der Waals surface area (Å²) in [5.41, 5.74) is 1.04. The molecule has 0 bridgehead atoms. The summed E-state index contributed by atoms with van der Waals surface area (Å²) in [7, 11) is 0. The van der Waals surface area contributed by atoms with Crippen molar-refractivity contribution in [2.75, 3.05) is 6.54 Å². The molecule has 1 aromatic carbocycles. The summed E-state index contributed by atoms with van der Waals surface area (Å²) in [6, 6.07) is 6.99. The molecule has 3 heteroatoms. The molecule has 0 spiro atoms. The normalized spacial score (nSPS) is 13.2. The summed E-state index contributed by atoms with van der Waals surface area (Å²) in [5, 5.41) is 0. The zero-order valence-electron chi connectivity index (χ0n) is 11.8. The lowest BCUT2D eigenvalue weighted by molar-refractivity contribution is 0.0653. The molecule has 1 aliphatic rings. The Kier molecular flexibility index (Phi) is 4.95. The van der Waals surface area contributed by atoms with Crippen LogP contribution in [0.4, 0.5) is 0 Å². The molecule has 0 saturated carbocycles. The first-order valence-electron chi connectivity index (χ1n) is 7.16. The predicted octanol–water partition coefficient (Wildman–Crippen LogP) is 3.26. The molecular weight excluding hydrogens is 250 g/mol. The molecule has 2 amide bonds. The third kappa shape index (κ3) is 3.08. The van der Waals surface area contributed by atoms with Crippen molar-refractivity contribution in [2.24, 2.45) is 0 Å². The Morgan fingerprint density at radius 3 is 2.05 bits per heavy atom. The van der Waals surface area contributed by atoms with Crippen molar-refractivity contribution in [1.82, 2.24) is 4.90 Å². The molecule has 1 heterocycles. The van der Waals surface area contributed by atoms with E-state index >= 15 is 0 Å². The molecule has 0 fully saturated rings. The van der Waals surface area contributed by atoms with Gasteiger partial charge in [0.25, 0.3) is 11.8 Å². The van der Waals surface area contributed by atoms with E-state index in [1.165, 1.54) is 4.90 Å². The molecule has 0 radical (unpaired) electrons. The minimum Gasteiger partial charge on any atom is -0.274 e. The highest BCUT2D eigenvalue weighted by Crippen LogP contribution is 2.22. The van der Waals surface area contributed by atoms with Crippen molar-refractivity contribution in [3.8, 4) is 11.8 Å². The highest BCUT2D eigenvalue weighted by molar-refractivity contribution is 6.21. The van der Waals surface area contributed by atoms with Gasteiger partial charge in [-0.15, -0.1) is 11.8 Å². The molecule has 0 aromatic heterocycles. The topological polar surface area (TPSA) is 37.4 Å². The first kappa shape index (κ1) is 14.3. The zero-order chi connectivity index (χ0) is 14.4. The molecule has 0 aliphatic carbocycles. The van der Waals surface area contributed by atoms with Crippen LogP contribution in [0.2, 0.25) is 0 Å². The fraction of sp³-hybridized carbons (Fsp3) is 0.412. The smallest absolute Gasteiger partial charge is 0.261 e. The molecular formula is C17H19NO2. The number of carbonyl (C=O) groups is 2. The SMILES string of the molecule is CCCCC#CCCCN1C(=O)c2ccccc2C1=O. The molecule has 1 aliphatic heterocycles. The standard InChI is InChI=1S/C17H19NO2/c1-2-3-4-5-6-7-10-13-18-16(19)14-11-8-9-12-15(14)17(18)20/h8-9,11-12H,2-4,7,10,13H2,1H3. The fourth-order valence-corrected chi connectivity index (χ4v) is 2.21. The molecule has 1 aromatic rings. The molecule has 0 N–H and O–H groups in total. The number of benzene rings is 1. The van der Waals surface area contributed by atoms with Crippen molar-refractivity contribution in [3.63, 3.8) is 0 Å². The summed E-state index contributed by atoms with van der Waals surface area (Å²) in [5.74, 6) is 5.86. The number of fused-ring (bicyclic) bond motifs is 1. The van der Waals surface area contributed by atoms with E-state index in [1.807, 2.05) is 0 Å². The van der Waals surface area contributed by atoms with Crippen LogP contribution in [-0.4, -0.2) is 23.3 Å². The maximum Gasteiger partial charge on any atom is 0.261 e. The number of unbranched alkanes of at least 4 members (excludes halogenated alkanes) is 3. The van der Waals surface area contributed by atoms with Gasteiger partial charge in [-0.1, -0.05) is 25.5 Å². The van der Waals surface area contributed by atoms with Crippen LogP contribution in [0.25, 0.3) is 0 Å². The second-order valence-corrected chi connectivity index (χ2v) is 4.87. The van der Waals surface area contributed by atoms with E-state index in [4.69, 9.17) is 0 Å². The van der Waals surface area contributed by atoms with Crippen LogP contribution < -0.4 is 0 Å². The maximum absolute atomic E-state index is 12.1. The van der Waals surface area contributed by atoms with Crippen molar-refractivity contribution >= 4 is 11.8 Å². The molecule has 3 nitrogen and oxygen atoms in total. The van der Waals surface area contributed by atoms with Crippen molar-refractivity contribution in [3.05, 3.63) is 35.4 Å². The van der Waals surface area contributed by atoms with Crippen LogP contribution in [0.3, 0.4) is 0 Å². The van der Waals surface area contributed by atoms with Gasteiger partial charge in [-0.3, -0.25) is 14.5 Å². The number of hydrogen-bond donors (Lipinski definition) is 0. The van der Waals surface area contributed by atoms with Gasteiger partial charge in [0.1, 0.15) is 0 Å². The highest BCUT2D eigenvalue weighted by Gasteiger charge is 2.34. The highest BCUT2D eigenvalue weighted by atomic mass is 16.2. The maximum atomic E-state index is 12.1. The van der Waals surface area contributed by atoms with Crippen LogP contribution >= 0.6 is 0 Å². The lowest BCUT2D eigenvalue weighted by Gasteiger charge is -2.12. The monoisotopic (exact) mass is 269 g/mol. The quantitative estimate of drug-likeness (QED) is 0.467. The third-order valence-corrected chi connectivity index (χ3v) is 3.34. The summed E-state index contributed by atoms with van der Waals surface area (Å²) < 4.78 is 0. The summed E-state index contributed by atoms with van der Waals surface area (Å²) in [4.78, 5) is 25.5. The van der Waals surface area contributed by atoms with Crippen LogP contribution in [0.5, 0.6) is 0 Å². The lowest BCUT2D eigenvalue weighted by atomic mass is 10.1. The molecule has 0 saturated heterocycles. The second-order valence-electron chi connectivity index (χ2n) is 4.87. The molecule has 2 rings (SSSR count). The van der Waals surface area contributed by atoms with Gasteiger partial charge in [0, 0.05) is 19.4 Å². The summed E-state index contributed by atoms with van der Waals surface area (Å²) >= 11 is 0. The van der Waals surface area contributed by atoms with E-state index in [1.54, 1.807) is 24.3 Å². The van der Waals surface area contributed by atoms with E-state index in [0.717, 1.165) is 32.1 Å². The van der Waals surface area contributed by atoms with Gasteiger partial charge in [-0.05, 0) is 25.0 Å². The van der Waals surface area contributed by atoms with Crippen LogP contribution in [-0.2, 0) is 0 Å². The molecule has 0 unspecified atom stereocenters. The fourth-order valence-electron chi connectivity index (χ4n) is 2.21. The van der Waals surface area contributed by atoms with Crippen LogP contribution in [0.1, 0.15) is 59.7 Å². The van der Waals surface area contributed by atoms with Crippen molar-refractivity contribution in [2.45, 2.75) is 39.0 Å². The van der Waals surface area contributed by atoms with E-state index in [0.29, 0.717) is 17.7 Å². The number of rotatable bonds is 5. The van der Waals surface area contributed by atoms with E-state index in [2.05, 4.69) is 18.8 Å². The van der Waals surface area contributed by atoms with E-state index in [9.17, 15) is 9.59 Å². The Hall–Kier alpha value is -2.08. The zero-order valence-corrected chi connectivity index (χ0v) is 11.8. The van der Waals surface area contributed by atoms with Gasteiger partial charge in [-0.2, -0.15) is 0 Å². The van der Waals surface area contributed by atoms with E-state index in [-0.39, 0.29) is 11.8 Å². The first-order valence-corrected chi connectivity index (χ1v) is 7.16. The van der Waals surface area contributed by atoms with Crippen LogP contribution in [0, 0.1) is 11.8 Å².